The number of rotatable bonds is 3. The highest BCUT2D eigenvalue weighted by Crippen LogP contribution is 2.29. The van der Waals surface area contributed by atoms with Crippen molar-refractivity contribution < 1.29 is 0 Å². The number of piperidine rings is 1. The smallest absolute Gasteiger partial charge is 0.0336 e. The number of likely N-dealkylation sites (tertiary alicyclic amines) is 1. The zero-order chi connectivity index (χ0) is 11.4. The molecule has 1 nitrogen and oxygen atoms in total. The minimum atomic E-state index is 0.473. The van der Waals surface area contributed by atoms with Crippen molar-refractivity contribution in [2.45, 2.75) is 57.2 Å². The summed E-state index contributed by atoms with van der Waals surface area (Å²) in [4.78, 5) is 2.72. The van der Waals surface area contributed by atoms with Crippen molar-refractivity contribution in [2.75, 3.05) is 19.6 Å². The Hall–Kier alpha value is 0.250. The highest BCUT2D eigenvalue weighted by Gasteiger charge is 2.24. The third kappa shape index (κ3) is 3.63. The lowest BCUT2D eigenvalue weighted by Gasteiger charge is -2.36. The quantitative estimate of drug-likeness (QED) is 0.680. The van der Waals surface area contributed by atoms with E-state index in [4.69, 9.17) is 11.6 Å². The van der Waals surface area contributed by atoms with Crippen LogP contribution in [0.5, 0.6) is 0 Å². The number of nitrogens with zero attached hydrogens (tertiary/aromatic N) is 1. The van der Waals surface area contributed by atoms with Crippen LogP contribution in [0, 0.1) is 11.8 Å². The molecule has 1 saturated heterocycles. The maximum Gasteiger partial charge on any atom is 0.0336 e. The minimum Gasteiger partial charge on any atom is -0.303 e. The van der Waals surface area contributed by atoms with Gasteiger partial charge in [0.05, 0.1) is 0 Å². The Morgan fingerprint density at radius 3 is 2.50 bits per heavy atom. The topological polar surface area (TPSA) is 3.24 Å². The maximum absolute atomic E-state index is 6.16. The van der Waals surface area contributed by atoms with E-state index in [0.29, 0.717) is 5.38 Å². The number of halogens is 1. The largest absolute Gasteiger partial charge is 0.303 e. The van der Waals surface area contributed by atoms with Gasteiger partial charge in [-0.05, 0) is 56.9 Å². The van der Waals surface area contributed by atoms with Gasteiger partial charge >= 0.3 is 0 Å². The van der Waals surface area contributed by atoms with Crippen LogP contribution in [0.4, 0.5) is 0 Å². The Morgan fingerprint density at radius 2 is 1.81 bits per heavy atom. The lowest BCUT2D eigenvalue weighted by Crippen LogP contribution is -2.39. The highest BCUT2D eigenvalue weighted by molar-refractivity contribution is 6.20. The van der Waals surface area contributed by atoms with Crippen molar-refractivity contribution in [2.24, 2.45) is 11.8 Å². The van der Waals surface area contributed by atoms with Crippen LogP contribution < -0.4 is 0 Å². The second-order valence-electron chi connectivity index (χ2n) is 5.79. The molecule has 0 aromatic heterocycles. The molecule has 2 rings (SSSR count). The molecule has 0 N–H and O–H groups in total. The van der Waals surface area contributed by atoms with Crippen LogP contribution in [-0.2, 0) is 0 Å². The lowest BCUT2D eigenvalue weighted by molar-refractivity contribution is 0.136. The van der Waals surface area contributed by atoms with E-state index in [0.717, 1.165) is 11.8 Å². The van der Waals surface area contributed by atoms with Crippen molar-refractivity contribution in [1.29, 1.82) is 0 Å². The van der Waals surface area contributed by atoms with Gasteiger partial charge in [-0.2, -0.15) is 0 Å². The van der Waals surface area contributed by atoms with Gasteiger partial charge in [0.15, 0.2) is 0 Å². The molecule has 2 aliphatic rings. The Bertz CT molecular complexity index is 199. The summed E-state index contributed by atoms with van der Waals surface area (Å²) in [5.74, 6) is 1.91. The summed E-state index contributed by atoms with van der Waals surface area (Å²) in [7, 11) is 0. The Balaban J connectivity index is 1.72. The molecule has 0 spiro atoms. The predicted molar refractivity (Wildman–Crippen MR) is 71.1 cm³/mol. The van der Waals surface area contributed by atoms with Gasteiger partial charge in [0.2, 0.25) is 0 Å². The number of hydrogen-bond acceptors (Lipinski definition) is 1. The molecule has 0 amide bonds. The maximum atomic E-state index is 6.16. The second-order valence-corrected chi connectivity index (χ2v) is 6.41. The Labute approximate surface area is 106 Å². The third-order valence-electron chi connectivity index (χ3n) is 4.47. The fraction of sp³-hybridized carbons (Fsp3) is 1.00. The molecule has 1 heterocycles. The SMILES string of the molecule is CCC1CCCN(CC2CCC(Cl)CC2)C1. The normalized spacial score (nSPS) is 37.5. The van der Waals surface area contributed by atoms with E-state index in [-0.39, 0.29) is 0 Å². The van der Waals surface area contributed by atoms with Crippen LogP contribution in [0.1, 0.15) is 51.9 Å². The van der Waals surface area contributed by atoms with Gasteiger partial charge in [-0.3, -0.25) is 0 Å². The average Bonchev–Trinajstić information content (AvgIpc) is 2.32. The van der Waals surface area contributed by atoms with Gasteiger partial charge < -0.3 is 4.90 Å². The summed E-state index contributed by atoms with van der Waals surface area (Å²) in [5.41, 5.74) is 0. The van der Waals surface area contributed by atoms with E-state index in [1.165, 1.54) is 64.6 Å². The van der Waals surface area contributed by atoms with Crippen molar-refractivity contribution in [3.63, 3.8) is 0 Å². The van der Waals surface area contributed by atoms with E-state index < -0.39 is 0 Å². The molecule has 94 valence electrons. The number of hydrogen-bond donors (Lipinski definition) is 0. The molecule has 0 aromatic rings. The van der Waals surface area contributed by atoms with Crippen LogP contribution in [-0.4, -0.2) is 29.9 Å². The predicted octanol–water partition coefficient (Wildman–Crippen LogP) is 3.91. The highest BCUT2D eigenvalue weighted by atomic mass is 35.5. The molecule has 2 heteroatoms. The van der Waals surface area contributed by atoms with E-state index >= 15 is 0 Å². The summed E-state index contributed by atoms with van der Waals surface area (Å²) in [6.45, 7) is 6.39. The summed E-state index contributed by atoms with van der Waals surface area (Å²) in [5, 5.41) is 0.473. The van der Waals surface area contributed by atoms with Crippen LogP contribution in [0.25, 0.3) is 0 Å². The first-order valence-electron chi connectivity index (χ1n) is 7.14. The summed E-state index contributed by atoms with van der Waals surface area (Å²) >= 11 is 6.16. The molecule has 0 aromatic carbocycles. The third-order valence-corrected chi connectivity index (χ3v) is 4.91. The zero-order valence-electron chi connectivity index (χ0n) is 10.6. The van der Waals surface area contributed by atoms with Gasteiger partial charge in [0.1, 0.15) is 0 Å². The molecule has 1 saturated carbocycles. The minimum absolute atomic E-state index is 0.473. The van der Waals surface area contributed by atoms with Crippen molar-refractivity contribution in [3.8, 4) is 0 Å². The fourth-order valence-electron chi connectivity index (χ4n) is 3.32. The summed E-state index contributed by atoms with van der Waals surface area (Å²) in [6.07, 6.45) is 9.47. The lowest BCUT2D eigenvalue weighted by atomic mass is 9.87. The molecule has 1 aliphatic heterocycles. The van der Waals surface area contributed by atoms with Gasteiger partial charge in [-0.15, -0.1) is 11.6 Å². The molecular formula is C14H26ClN. The summed E-state index contributed by atoms with van der Waals surface area (Å²) in [6, 6.07) is 0. The van der Waals surface area contributed by atoms with Crippen LogP contribution >= 0.6 is 11.6 Å². The molecule has 16 heavy (non-hydrogen) atoms. The van der Waals surface area contributed by atoms with Crippen LogP contribution in [0.3, 0.4) is 0 Å². The van der Waals surface area contributed by atoms with E-state index in [1.807, 2.05) is 0 Å². The summed E-state index contributed by atoms with van der Waals surface area (Å²) < 4.78 is 0. The molecule has 0 bridgehead atoms. The van der Waals surface area contributed by atoms with Crippen LogP contribution in [0.15, 0.2) is 0 Å². The zero-order valence-corrected chi connectivity index (χ0v) is 11.4. The number of alkyl halides is 1. The molecule has 1 atom stereocenters. The van der Waals surface area contributed by atoms with Crippen molar-refractivity contribution in [3.05, 3.63) is 0 Å². The van der Waals surface area contributed by atoms with Gasteiger partial charge in [-0.25, -0.2) is 0 Å². The molecule has 1 aliphatic carbocycles. The van der Waals surface area contributed by atoms with Gasteiger partial charge in [0, 0.05) is 18.5 Å². The molecule has 0 radical (unpaired) electrons. The second kappa shape index (κ2) is 6.26. The average molecular weight is 244 g/mol. The Morgan fingerprint density at radius 1 is 1.06 bits per heavy atom. The van der Waals surface area contributed by atoms with Gasteiger partial charge in [0.25, 0.3) is 0 Å². The van der Waals surface area contributed by atoms with Gasteiger partial charge in [-0.1, -0.05) is 13.3 Å². The fourth-order valence-corrected chi connectivity index (χ4v) is 3.57. The van der Waals surface area contributed by atoms with Crippen molar-refractivity contribution in [1.82, 2.24) is 4.90 Å². The van der Waals surface area contributed by atoms with Crippen molar-refractivity contribution >= 4 is 11.6 Å². The molecule has 1 unspecified atom stereocenters. The Kier molecular flexibility index (Phi) is 4.97. The van der Waals surface area contributed by atoms with E-state index in [9.17, 15) is 0 Å². The first-order chi connectivity index (χ1) is 7.78. The van der Waals surface area contributed by atoms with Crippen LogP contribution in [0.2, 0.25) is 0 Å². The standard InChI is InChI=1S/C14H26ClN/c1-2-12-4-3-9-16(10-12)11-13-5-7-14(15)8-6-13/h12-14H,2-11H2,1H3. The monoisotopic (exact) mass is 243 g/mol. The first-order valence-corrected chi connectivity index (χ1v) is 7.58. The van der Waals surface area contributed by atoms with E-state index in [1.54, 1.807) is 0 Å². The molecular weight excluding hydrogens is 218 g/mol. The first kappa shape index (κ1) is 12.7. The molecule has 2 fully saturated rings. The van der Waals surface area contributed by atoms with E-state index in [2.05, 4.69) is 11.8 Å².